The van der Waals surface area contributed by atoms with Gasteiger partial charge in [-0.25, -0.2) is 9.18 Å². The Labute approximate surface area is 243 Å². The third-order valence-corrected chi connectivity index (χ3v) is 7.26. The molecular formula is C29H23F10NO4. The van der Waals surface area contributed by atoms with E-state index in [4.69, 9.17) is 4.74 Å². The van der Waals surface area contributed by atoms with Gasteiger partial charge in [0, 0.05) is 5.56 Å². The topological polar surface area (TPSA) is 70.0 Å². The standard InChI is InChI=1S/C29H23F10NO4/c1-12(2)20-10-21(23(41)24(42)22(20)30)19-5-4-16(27(31,32)33)8-15(19)11-40-13(3)25(44-26(40)43)14-6-17(28(34,35)36)9-18(7-14)29(37,38)39/h4-10,12-13,25,41-42H,11H2,1-3H3/t13-,25-/m0/s1/i3+1,13+1,25+1,40+1. The lowest BCUT2D eigenvalue weighted by Crippen LogP contribution is -2.32. The molecule has 1 aliphatic rings. The first-order valence-corrected chi connectivity index (χ1v) is 12.8. The van der Waals surface area contributed by atoms with Gasteiger partial charge in [-0.3, -0.25) is 4.90 Å². The maximum atomic E-state index is 14.6. The van der Waals surface area contributed by atoms with Gasteiger partial charge in [0.15, 0.2) is 17.3 Å². The van der Waals surface area contributed by atoms with Crippen LogP contribution in [-0.2, 0) is 29.8 Å². The normalized spacial score (nSPS) is 17.9. The van der Waals surface area contributed by atoms with E-state index in [0.29, 0.717) is 24.3 Å². The molecular weight excluding hydrogens is 620 g/mol. The molecule has 3 aromatic carbocycles. The zero-order valence-corrected chi connectivity index (χ0v) is 22.9. The van der Waals surface area contributed by atoms with Crippen LogP contribution >= 0.6 is 0 Å². The number of phenolic OH excluding ortho intramolecular Hbond substituents is 2. The predicted molar refractivity (Wildman–Crippen MR) is 135 cm³/mol. The summed E-state index contributed by atoms with van der Waals surface area (Å²) in [5, 5.41) is 20.7. The highest BCUT2D eigenvalue weighted by Crippen LogP contribution is 2.46. The summed E-state index contributed by atoms with van der Waals surface area (Å²) >= 11 is 0. The van der Waals surface area contributed by atoms with Gasteiger partial charge < -0.3 is 14.9 Å². The molecule has 0 bridgehead atoms. The van der Waals surface area contributed by atoms with Gasteiger partial charge in [-0.2, -0.15) is 39.5 Å². The van der Waals surface area contributed by atoms with Crippen LogP contribution in [0.5, 0.6) is 11.5 Å². The first-order chi connectivity index (χ1) is 20.1. The summed E-state index contributed by atoms with van der Waals surface area (Å²) in [6.07, 6.45) is -18.2. The van der Waals surface area contributed by atoms with Crippen molar-refractivity contribution in [2.75, 3.05) is 0 Å². The molecule has 4 rings (SSSR count). The maximum absolute atomic E-state index is 14.6. The van der Waals surface area contributed by atoms with Crippen LogP contribution in [0.25, 0.3) is 11.1 Å². The molecule has 0 unspecified atom stereocenters. The Morgan fingerprint density at radius 1 is 0.795 bits per heavy atom. The molecule has 1 heterocycles. The molecule has 0 aromatic heterocycles. The average Bonchev–Trinajstić information content (AvgIpc) is 3.18. The van der Waals surface area contributed by atoms with Gasteiger partial charge in [0.05, 0.1) is 29.3 Å². The summed E-state index contributed by atoms with van der Waals surface area (Å²) in [4.78, 5) is 13.7. The van der Waals surface area contributed by atoms with Crippen LogP contribution in [0, 0.1) is 5.82 Å². The van der Waals surface area contributed by atoms with E-state index < -0.39 is 88.8 Å². The highest BCUT2D eigenvalue weighted by molar-refractivity contribution is 5.78. The number of amides is 1. The minimum atomic E-state index is -5.19. The van der Waals surface area contributed by atoms with Crippen LogP contribution in [0.2, 0.25) is 0 Å². The van der Waals surface area contributed by atoms with Crippen molar-refractivity contribution < 1.29 is 63.6 Å². The van der Waals surface area contributed by atoms with E-state index >= 15 is 0 Å². The lowest BCUT2D eigenvalue weighted by molar-refractivity contribution is -0.143. The van der Waals surface area contributed by atoms with Crippen molar-refractivity contribution in [3.63, 3.8) is 0 Å². The van der Waals surface area contributed by atoms with Gasteiger partial charge in [-0.1, -0.05) is 19.9 Å². The van der Waals surface area contributed by atoms with Gasteiger partial charge in [-0.15, -0.1) is 0 Å². The van der Waals surface area contributed by atoms with Gasteiger partial charge >= 0.3 is 24.6 Å². The zero-order valence-electron chi connectivity index (χ0n) is 22.9. The number of phenols is 2. The Morgan fingerprint density at radius 2 is 1.34 bits per heavy atom. The van der Waals surface area contributed by atoms with Crippen molar-refractivity contribution in [1.82, 2.24) is 4.90 Å². The lowest BCUT2D eigenvalue weighted by Gasteiger charge is -2.24. The second-order valence-corrected chi connectivity index (χ2v) is 10.6. The van der Waals surface area contributed by atoms with Gasteiger partial charge in [-0.05, 0) is 71.5 Å². The van der Waals surface area contributed by atoms with Crippen molar-refractivity contribution in [3.05, 3.63) is 81.7 Å². The van der Waals surface area contributed by atoms with Crippen LogP contribution in [0.4, 0.5) is 48.7 Å². The molecule has 1 fully saturated rings. The third-order valence-electron chi connectivity index (χ3n) is 7.26. The third kappa shape index (κ3) is 6.22. The van der Waals surface area contributed by atoms with E-state index in [1.165, 1.54) is 6.92 Å². The molecule has 0 saturated carbocycles. The molecule has 0 spiro atoms. The molecule has 1 aliphatic heterocycles. The number of hydrogen-bond donors (Lipinski definition) is 2. The van der Waals surface area contributed by atoms with Crippen LogP contribution < -0.4 is 0 Å². The molecule has 0 radical (unpaired) electrons. The average molecular weight is 643 g/mol. The fourth-order valence-corrected chi connectivity index (χ4v) is 4.93. The minimum Gasteiger partial charge on any atom is -0.504 e. The number of aromatic hydroxyl groups is 2. The number of halogens is 10. The summed E-state index contributed by atoms with van der Waals surface area (Å²) < 4.78 is 141. The highest BCUT2D eigenvalue weighted by Gasteiger charge is 2.44. The Kier molecular flexibility index (Phi) is 8.24. The zero-order chi connectivity index (χ0) is 33.1. The molecule has 0 aliphatic carbocycles. The van der Waals surface area contributed by atoms with Gasteiger partial charge in [0.25, 0.3) is 0 Å². The number of benzene rings is 3. The van der Waals surface area contributed by atoms with E-state index in [9.17, 15) is 58.9 Å². The monoisotopic (exact) mass is 643 g/mol. The predicted octanol–water partition coefficient (Wildman–Crippen LogP) is 9.17. The van der Waals surface area contributed by atoms with Crippen LogP contribution in [-0.4, -0.2) is 27.2 Å². The Balaban J connectivity index is 1.82. The molecule has 1 saturated heterocycles. The highest BCUT2D eigenvalue weighted by atomic mass is 19.4. The van der Waals surface area contributed by atoms with Crippen molar-refractivity contribution in [2.24, 2.45) is 0 Å². The summed E-state index contributed by atoms with van der Waals surface area (Å²) in [6.45, 7) is 3.59. The fraction of sp³-hybridized carbons (Fsp3) is 0.345. The number of hydrogen-bond acceptors (Lipinski definition) is 4. The number of nitrogens with zero attached hydrogens (tertiary/aromatic N) is 1. The summed E-state index contributed by atoms with van der Waals surface area (Å²) in [5.41, 5.74) is -6.03. The van der Waals surface area contributed by atoms with Gasteiger partial charge in [0.2, 0.25) is 0 Å². The van der Waals surface area contributed by atoms with E-state index in [2.05, 4.69) is 0 Å². The Bertz CT molecular complexity index is 1560. The molecule has 2 atom stereocenters. The van der Waals surface area contributed by atoms with E-state index in [1.54, 1.807) is 13.8 Å². The quantitative estimate of drug-likeness (QED) is 0.126. The maximum Gasteiger partial charge on any atom is 0.416 e. The lowest BCUT2D eigenvalue weighted by atomic mass is 9.92. The summed E-state index contributed by atoms with van der Waals surface area (Å²) in [7, 11) is 0. The molecule has 2 N–H and O–H groups in total. The molecule has 238 valence electrons. The first kappa shape index (κ1) is 32.7. The molecule has 1 amide bonds. The van der Waals surface area contributed by atoms with Crippen LogP contribution in [0.1, 0.15) is 66.2 Å². The first-order valence-electron chi connectivity index (χ1n) is 12.8. The van der Waals surface area contributed by atoms with E-state index in [0.717, 1.165) is 17.0 Å². The van der Waals surface area contributed by atoms with Crippen LogP contribution in [0.15, 0.2) is 42.5 Å². The second-order valence-electron chi connectivity index (χ2n) is 10.6. The minimum absolute atomic E-state index is 0.0971. The fourth-order valence-electron chi connectivity index (χ4n) is 4.93. The molecule has 15 heteroatoms. The number of cyclic esters (lactones) is 1. The van der Waals surface area contributed by atoms with Crippen LogP contribution in [0.3, 0.4) is 0 Å². The van der Waals surface area contributed by atoms with Crippen molar-refractivity contribution in [1.29, 1.82) is 0 Å². The number of rotatable bonds is 5. The molecule has 44 heavy (non-hydrogen) atoms. The van der Waals surface area contributed by atoms with Crippen molar-refractivity contribution in [3.8, 4) is 22.6 Å². The van der Waals surface area contributed by atoms with Crippen molar-refractivity contribution in [2.45, 2.75) is 63.9 Å². The number of ether oxygens (including phenoxy) is 1. The second kappa shape index (κ2) is 11.1. The van der Waals surface area contributed by atoms with Gasteiger partial charge in [0.1, 0.15) is 6.10 Å². The smallest absolute Gasteiger partial charge is 0.416 e. The van der Waals surface area contributed by atoms with E-state index in [1.807, 2.05) is 0 Å². The Hall–Kier alpha value is -4.17. The number of carbonyl (C=O) groups is 1. The van der Waals surface area contributed by atoms with E-state index in [-0.39, 0.29) is 28.3 Å². The number of carbonyl (C=O) groups excluding carboxylic acids is 1. The molecule has 5 nitrogen and oxygen atoms in total. The SMILES string of the molecule is CC(C)c1cc(-c2ccc(C(F)(F)F)cc2C[15N]2C(=O)O[13C@H](c3cc(C(F)(F)F)cc(C(F)(F)F)c3)[13C@@H]2[13CH3])c(O)c(O)c1F. The summed E-state index contributed by atoms with van der Waals surface area (Å²) in [6, 6.07) is 2.65. The number of alkyl halides is 9. The summed E-state index contributed by atoms with van der Waals surface area (Å²) in [5.74, 6) is -3.89. The van der Waals surface area contributed by atoms with Crippen molar-refractivity contribution >= 4 is 6.09 Å². The Morgan fingerprint density at radius 3 is 1.84 bits per heavy atom. The molecule has 3 aromatic rings. The largest absolute Gasteiger partial charge is 0.504 e.